The molecule has 0 aromatic rings. The van der Waals surface area contributed by atoms with Crippen molar-refractivity contribution >= 4 is 17.8 Å². The van der Waals surface area contributed by atoms with Crippen molar-refractivity contribution in [1.82, 2.24) is 5.32 Å². The minimum absolute atomic E-state index is 0.160. The van der Waals surface area contributed by atoms with E-state index in [0.717, 1.165) is 19.3 Å². The summed E-state index contributed by atoms with van der Waals surface area (Å²) in [5, 5.41) is 19.6. The van der Waals surface area contributed by atoms with Gasteiger partial charge in [-0.25, -0.2) is 4.79 Å². The van der Waals surface area contributed by atoms with Crippen molar-refractivity contribution in [3.63, 3.8) is 0 Å². The Bertz CT molecular complexity index is 346. The highest BCUT2D eigenvalue weighted by Crippen LogP contribution is 2.42. The standard InChI is InChI=1S/C11H18N2O5/c12-6-11(2-1-3-11)5-8(14)13-7(10(17)18)4-9(15)16/h7H,1-6,12H2,(H,13,14)(H,15,16)(H,17,18). The van der Waals surface area contributed by atoms with Crippen molar-refractivity contribution in [2.24, 2.45) is 11.1 Å². The number of aliphatic carboxylic acids is 2. The van der Waals surface area contributed by atoms with E-state index in [4.69, 9.17) is 15.9 Å². The number of rotatable bonds is 7. The molecule has 1 rings (SSSR count). The fraction of sp³-hybridized carbons (Fsp3) is 0.727. The number of hydrogen-bond acceptors (Lipinski definition) is 4. The molecule has 0 aliphatic heterocycles. The molecule has 1 aliphatic carbocycles. The van der Waals surface area contributed by atoms with Crippen LogP contribution in [0.2, 0.25) is 0 Å². The predicted molar refractivity (Wildman–Crippen MR) is 61.8 cm³/mol. The summed E-state index contributed by atoms with van der Waals surface area (Å²) in [4.78, 5) is 32.9. The molecule has 18 heavy (non-hydrogen) atoms. The van der Waals surface area contributed by atoms with E-state index in [1.807, 2.05) is 0 Å². The Balaban J connectivity index is 2.50. The molecule has 0 aromatic carbocycles. The summed E-state index contributed by atoms with van der Waals surface area (Å²) in [6, 6.07) is -1.38. The van der Waals surface area contributed by atoms with Crippen LogP contribution < -0.4 is 11.1 Å². The maximum atomic E-state index is 11.7. The molecule has 0 spiro atoms. The highest BCUT2D eigenvalue weighted by Gasteiger charge is 2.38. The number of hydrogen-bond donors (Lipinski definition) is 4. The molecule has 1 saturated carbocycles. The molecular formula is C11H18N2O5. The van der Waals surface area contributed by atoms with Crippen molar-refractivity contribution in [2.45, 2.75) is 38.1 Å². The van der Waals surface area contributed by atoms with Crippen LogP contribution in [0.1, 0.15) is 32.1 Å². The van der Waals surface area contributed by atoms with Gasteiger partial charge in [0.1, 0.15) is 6.04 Å². The molecule has 0 saturated heterocycles. The van der Waals surface area contributed by atoms with Crippen molar-refractivity contribution in [3.8, 4) is 0 Å². The van der Waals surface area contributed by atoms with Gasteiger partial charge in [0.25, 0.3) is 0 Å². The third kappa shape index (κ3) is 3.69. The van der Waals surface area contributed by atoms with Gasteiger partial charge >= 0.3 is 11.9 Å². The van der Waals surface area contributed by atoms with E-state index in [1.54, 1.807) is 0 Å². The summed E-state index contributed by atoms with van der Waals surface area (Å²) in [5.74, 6) is -3.06. The average Bonchev–Trinajstić information content (AvgIpc) is 2.21. The summed E-state index contributed by atoms with van der Waals surface area (Å²) in [6.45, 7) is 0.386. The van der Waals surface area contributed by atoms with Gasteiger partial charge in [0, 0.05) is 6.42 Å². The Hall–Kier alpha value is -1.63. The van der Waals surface area contributed by atoms with Crippen molar-refractivity contribution in [2.75, 3.05) is 6.54 Å². The van der Waals surface area contributed by atoms with Crippen LogP contribution in [0.25, 0.3) is 0 Å². The van der Waals surface area contributed by atoms with E-state index >= 15 is 0 Å². The van der Waals surface area contributed by atoms with E-state index in [1.165, 1.54) is 0 Å². The van der Waals surface area contributed by atoms with E-state index < -0.39 is 30.3 Å². The lowest BCUT2D eigenvalue weighted by molar-refractivity contribution is -0.147. The summed E-state index contributed by atoms with van der Waals surface area (Å²) in [7, 11) is 0. The monoisotopic (exact) mass is 258 g/mol. The van der Waals surface area contributed by atoms with Crippen molar-refractivity contribution < 1.29 is 24.6 Å². The lowest BCUT2D eigenvalue weighted by atomic mass is 9.66. The fourth-order valence-corrected chi connectivity index (χ4v) is 2.09. The zero-order chi connectivity index (χ0) is 13.8. The number of carbonyl (C=O) groups is 3. The van der Waals surface area contributed by atoms with Crippen LogP contribution >= 0.6 is 0 Å². The Kier molecular flexibility index (Phi) is 4.66. The number of carboxylic acid groups (broad SMARTS) is 2. The van der Waals surface area contributed by atoms with Crippen LogP contribution in [0.4, 0.5) is 0 Å². The number of carboxylic acids is 2. The first-order valence-electron chi connectivity index (χ1n) is 5.82. The van der Waals surface area contributed by atoms with Gasteiger partial charge in [-0.3, -0.25) is 9.59 Å². The molecule has 0 heterocycles. The molecule has 1 atom stereocenters. The molecule has 0 aromatic heterocycles. The minimum atomic E-state index is -1.38. The van der Waals surface area contributed by atoms with E-state index in [2.05, 4.69) is 5.32 Å². The number of amides is 1. The van der Waals surface area contributed by atoms with Crippen LogP contribution in [-0.2, 0) is 14.4 Å². The molecule has 7 heteroatoms. The van der Waals surface area contributed by atoms with E-state index in [-0.39, 0.29) is 11.8 Å². The second kappa shape index (κ2) is 5.81. The molecule has 0 bridgehead atoms. The van der Waals surface area contributed by atoms with Crippen LogP contribution in [0.3, 0.4) is 0 Å². The highest BCUT2D eigenvalue weighted by atomic mass is 16.4. The molecule has 102 valence electrons. The first-order chi connectivity index (χ1) is 8.38. The van der Waals surface area contributed by atoms with Gasteiger partial charge < -0.3 is 21.3 Å². The average molecular weight is 258 g/mol. The summed E-state index contributed by atoms with van der Waals surface area (Å²) < 4.78 is 0. The zero-order valence-corrected chi connectivity index (χ0v) is 10.0. The van der Waals surface area contributed by atoms with Gasteiger partial charge in [0.2, 0.25) is 5.91 Å². The second-order valence-electron chi connectivity index (χ2n) is 4.79. The van der Waals surface area contributed by atoms with Gasteiger partial charge in [-0.1, -0.05) is 6.42 Å². The van der Waals surface area contributed by atoms with Crippen molar-refractivity contribution in [3.05, 3.63) is 0 Å². The molecule has 0 radical (unpaired) electrons. The highest BCUT2D eigenvalue weighted by molar-refractivity contribution is 5.87. The first kappa shape index (κ1) is 14.4. The van der Waals surface area contributed by atoms with Crippen LogP contribution in [0, 0.1) is 5.41 Å². The Morgan fingerprint density at radius 2 is 1.89 bits per heavy atom. The first-order valence-corrected chi connectivity index (χ1v) is 5.82. The summed E-state index contributed by atoms with van der Waals surface area (Å²) >= 11 is 0. The normalized spacial score (nSPS) is 18.5. The van der Waals surface area contributed by atoms with Crippen LogP contribution in [0.5, 0.6) is 0 Å². The lowest BCUT2D eigenvalue weighted by Crippen LogP contribution is -2.47. The Morgan fingerprint density at radius 1 is 1.28 bits per heavy atom. The zero-order valence-electron chi connectivity index (χ0n) is 10.0. The third-order valence-corrected chi connectivity index (χ3v) is 3.39. The van der Waals surface area contributed by atoms with Crippen molar-refractivity contribution in [1.29, 1.82) is 0 Å². The largest absolute Gasteiger partial charge is 0.481 e. The van der Waals surface area contributed by atoms with Gasteiger partial charge in [-0.05, 0) is 24.8 Å². The number of carbonyl (C=O) groups excluding carboxylic acids is 1. The predicted octanol–water partition coefficient (Wildman–Crippen LogP) is -0.450. The SMILES string of the molecule is NCC1(CC(=O)NC(CC(=O)O)C(=O)O)CCC1. The molecular weight excluding hydrogens is 240 g/mol. The van der Waals surface area contributed by atoms with E-state index in [0.29, 0.717) is 6.54 Å². The fourth-order valence-electron chi connectivity index (χ4n) is 2.09. The lowest BCUT2D eigenvalue weighted by Gasteiger charge is -2.40. The molecule has 1 amide bonds. The number of nitrogens with two attached hydrogens (primary N) is 1. The van der Waals surface area contributed by atoms with E-state index in [9.17, 15) is 14.4 Å². The molecule has 7 nitrogen and oxygen atoms in total. The maximum absolute atomic E-state index is 11.7. The smallest absolute Gasteiger partial charge is 0.326 e. The minimum Gasteiger partial charge on any atom is -0.481 e. The molecule has 1 fully saturated rings. The summed E-state index contributed by atoms with van der Waals surface area (Å²) in [6.07, 6.45) is 2.26. The maximum Gasteiger partial charge on any atom is 0.326 e. The van der Waals surface area contributed by atoms with Gasteiger partial charge in [-0.15, -0.1) is 0 Å². The molecule has 5 N–H and O–H groups in total. The Labute approximate surface area is 104 Å². The Morgan fingerprint density at radius 3 is 2.22 bits per heavy atom. The van der Waals surface area contributed by atoms with Crippen LogP contribution in [-0.4, -0.2) is 40.6 Å². The quantitative estimate of drug-likeness (QED) is 0.489. The van der Waals surface area contributed by atoms with Gasteiger partial charge in [0.05, 0.1) is 6.42 Å². The topological polar surface area (TPSA) is 130 Å². The van der Waals surface area contributed by atoms with Gasteiger partial charge in [-0.2, -0.15) is 0 Å². The second-order valence-corrected chi connectivity index (χ2v) is 4.79. The number of nitrogens with one attached hydrogen (secondary N) is 1. The molecule has 1 aliphatic rings. The summed E-state index contributed by atoms with van der Waals surface area (Å²) in [5.41, 5.74) is 5.37. The van der Waals surface area contributed by atoms with Gasteiger partial charge in [0.15, 0.2) is 0 Å². The molecule has 1 unspecified atom stereocenters. The van der Waals surface area contributed by atoms with Crippen LogP contribution in [0.15, 0.2) is 0 Å². The third-order valence-electron chi connectivity index (χ3n) is 3.39.